The first-order valence-electron chi connectivity index (χ1n) is 7.90. The molecule has 0 radical (unpaired) electrons. The average Bonchev–Trinajstić information content (AvgIpc) is 3.21. The fourth-order valence-electron chi connectivity index (χ4n) is 2.31. The lowest BCUT2D eigenvalue weighted by Crippen LogP contribution is -2.43. The first-order valence-corrected chi connectivity index (χ1v) is 8.31. The second-order valence-corrected chi connectivity index (χ2v) is 5.81. The first kappa shape index (κ1) is 17.5. The van der Waals surface area contributed by atoms with Crippen LogP contribution in [0.5, 0.6) is 5.75 Å². The van der Waals surface area contributed by atoms with Gasteiger partial charge < -0.3 is 14.6 Å². The van der Waals surface area contributed by atoms with Crippen LogP contribution >= 0.6 is 12.2 Å². The predicted molar refractivity (Wildman–Crippen MR) is 106 cm³/mol. The van der Waals surface area contributed by atoms with Crippen molar-refractivity contribution < 1.29 is 9.53 Å². The highest BCUT2D eigenvalue weighted by Gasteiger charge is 2.06. The van der Waals surface area contributed by atoms with Crippen LogP contribution in [0.25, 0.3) is 5.69 Å². The maximum atomic E-state index is 12.2. The number of benzene rings is 2. The van der Waals surface area contributed by atoms with Gasteiger partial charge in [-0.25, -0.2) is 0 Å². The van der Waals surface area contributed by atoms with Gasteiger partial charge in [-0.05, 0) is 72.9 Å². The van der Waals surface area contributed by atoms with Crippen molar-refractivity contribution in [2.75, 3.05) is 12.4 Å². The number of rotatable bonds is 4. The van der Waals surface area contributed by atoms with Gasteiger partial charge in [0.15, 0.2) is 5.11 Å². The molecule has 1 amide bonds. The highest BCUT2D eigenvalue weighted by molar-refractivity contribution is 7.80. The molecule has 0 fully saturated rings. The van der Waals surface area contributed by atoms with Gasteiger partial charge in [-0.1, -0.05) is 0 Å². The van der Waals surface area contributed by atoms with Crippen molar-refractivity contribution >= 4 is 28.9 Å². The van der Waals surface area contributed by atoms with Gasteiger partial charge >= 0.3 is 0 Å². The summed E-state index contributed by atoms with van der Waals surface area (Å²) in [5.41, 5.74) is 7.55. The van der Waals surface area contributed by atoms with Crippen LogP contribution in [0, 0.1) is 0 Å². The van der Waals surface area contributed by atoms with E-state index in [1.54, 1.807) is 19.2 Å². The summed E-state index contributed by atoms with van der Waals surface area (Å²) in [6, 6.07) is 18.4. The Morgan fingerprint density at radius 2 is 1.62 bits per heavy atom. The minimum absolute atomic E-state index is 0.275. The highest BCUT2D eigenvalue weighted by Crippen LogP contribution is 2.14. The first-order chi connectivity index (χ1) is 12.7. The smallest absolute Gasteiger partial charge is 0.269 e. The van der Waals surface area contributed by atoms with Crippen LogP contribution in [0.3, 0.4) is 0 Å². The third-order valence-electron chi connectivity index (χ3n) is 3.67. The molecule has 1 heterocycles. The second-order valence-electron chi connectivity index (χ2n) is 5.40. The topological polar surface area (TPSA) is 67.3 Å². The lowest BCUT2D eigenvalue weighted by molar-refractivity contribution is 0.0944. The zero-order valence-corrected chi connectivity index (χ0v) is 14.9. The number of aromatic nitrogens is 1. The van der Waals surface area contributed by atoms with Crippen molar-refractivity contribution in [2.45, 2.75) is 0 Å². The summed E-state index contributed by atoms with van der Waals surface area (Å²) in [5, 5.41) is 3.26. The van der Waals surface area contributed by atoms with E-state index in [4.69, 9.17) is 17.0 Å². The summed E-state index contributed by atoms with van der Waals surface area (Å²) < 4.78 is 7.07. The summed E-state index contributed by atoms with van der Waals surface area (Å²) in [5.74, 6) is 0.481. The lowest BCUT2D eigenvalue weighted by Gasteiger charge is -2.12. The van der Waals surface area contributed by atoms with Crippen LogP contribution in [0.2, 0.25) is 0 Å². The molecule has 3 rings (SSSR count). The van der Waals surface area contributed by atoms with E-state index in [0.717, 1.165) is 17.1 Å². The molecule has 0 saturated heterocycles. The Hall–Kier alpha value is -3.32. The molecule has 3 N–H and O–H groups in total. The largest absolute Gasteiger partial charge is 0.497 e. The van der Waals surface area contributed by atoms with E-state index in [2.05, 4.69) is 16.2 Å². The zero-order chi connectivity index (χ0) is 18.4. The van der Waals surface area contributed by atoms with Crippen LogP contribution < -0.4 is 20.9 Å². The van der Waals surface area contributed by atoms with Gasteiger partial charge in [-0.15, -0.1) is 0 Å². The van der Waals surface area contributed by atoms with Crippen molar-refractivity contribution in [3.8, 4) is 11.4 Å². The Balaban J connectivity index is 1.52. The number of carbonyl (C=O) groups excluding carboxylic acids is 1. The number of hydrogen-bond acceptors (Lipinski definition) is 3. The molecule has 0 saturated carbocycles. The molecule has 0 aliphatic rings. The summed E-state index contributed by atoms with van der Waals surface area (Å²) in [7, 11) is 1.61. The number of nitrogens with one attached hydrogen (secondary N) is 3. The molecule has 0 aliphatic heterocycles. The highest BCUT2D eigenvalue weighted by atomic mass is 32.1. The van der Waals surface area contributed by atoms with Crippen molar-refractivity contribution in [3.05, 3.63) is 78.6 Å². The van der Waals surface area contributed by atoms with Gasteiger partial charge in [0.25, 0.3) is 5.91 Å². The molecule has 0 atom stereocenters. The van der Waals surface area contributed by atoms with Gasteiger partial charge in [-0.3, -0.25) is 15.6 Å². The minimum Gasteiger partial charge on any atom is -0.497 e. The Labute approximate surface area is 156 Å². The van der Waals surface area contributed by atoms with E-state index >= 15 is 0 Å². The average molecular weight is 366 g/mol. The standard InChI is InChI=1S/C19H18N4O2S/c1-25-17-10-6-15(7-11-17)20-19(26)22-21-18(24)14-4-8-16(9-5-14)23-12-2-3-13-23/h2-13H,1H3,(H,21,24)(H2,20,22,26). The molecule has 0 aliphatic carbocycles. The van der Waals surface area contributed by atoms with Crippen molar-refractivity contribution in [1.29, 1.82) is 0 Å². The second kappa shape index (κ2) is 8.17. The van der Waals surface area contributed by atoms with Gasteiger partial charge in [-0.2, -0.15) is 0 Å². The molecule has 7 heteroatoms. The molecule has 0 spiro atoms. The third kappa shape index (κ3) is 4.40. The van der Waals surface area contributed by atoms with Crippen LogP contribution in [0.4, 0.5) is 5.69 Å². The SMILES string of the molecule is COc1ccc(NC(=S)NNC(=O)c2ccc(-n3cccc3)cc2)cc1. The molecule has 2 aromatic carbocycles. The number of hydrazine groups is 1. The van der Waals surface area contributed by atoms with E-state index in [1.807, 2.05) is 65.5 Å². The molecule has 6 nitrogen and oxygen atoms in total. The number of nitrogens with zero attached hydrogens (tertiary/aromatic N) is 1. The van der Waals surface area contributed by atoms with Crippen molar-refractivity contribution in [1.82, 2.24) is 15.4 Å². The molecule has 26 heavy (non-hydrogen) atoms. The number of amides is 1. The number of ether oxygens (including phenoxy) is 1. The minimum atomic E-state index is -0.275. The molecule has 0 bridgehead atoms. The van der Waals surface area contributed by atoms with Crippen LogP contribution in [-0.4, -0.2) is 22.7 Å². The number of carbonyl (C=O) groups is 1. The number of methoxy groups -OCH3 is 1. The van der Waals surface area contributed by atoms with Crippen molar-refractivity contribution in [2.24, 2.45) is 0 Å². The quantitative estimate of drug-likeness (QED) is 0.489. The number of hydrogen-bond donors (Lipinski definition) is 3. The zero-order valence-electron chi connectivity index (χ0n) is 14.1. The Morgan fingerprint density at radius 3 is 2.23 bits per heavy atom. The Kier molecular flexibility index (Phi) is 5.50. The summed E-state index contributed by atoms with van der Waals surface area (Å²) in [6.07, 6.45) is 3.89. The summed E-state index contributed by atoms with van der Waals surface area (Å²) in [6.45, 7) is 0. The van der Waals surface area contributed by atoms with Crippen LogP contribution in [0.1, 0.15) is 10.4 Å². The monoisotopic (exact) mass is 366 g/mol. The number of anilines is 1. The fourth-order valence-corrected chi connectivity index (χ4v) is 2.48. The maximum Gasteiger partial charge on any atom is 0.269 e. The Morgan fingerprint density at radius 1 is 0.962 bits per heavy atom. The predicted octanol–water partition coefficient (Wildman–Crippen LogP) is 3.12. The maximum absolute atomic E-state index is 12.2. The van der Waals surface area contributed by atoms with E-state index < -0.39 is 0 Å². The summed E-state index contributed by atoms with van der Waals surface area (Å²) in [4.78, 5) is 12.2. The van der Waals surface area contributed by atoms with Crippen molar-refractivity contribution in [3.63, 3.8) is 0 Å². The van der Waals surface area contributed by atoms with Gasteiger partial charge in [0.1, 0.15) is 5.75 Å². The molecular weight excluding hydrogens is 348 g/mol. The van der Waals surface area contributed by atoms with Gasteiger partial charge in [0, 0.05) is 29.3 Å². The van der Waals surface area contributed by atoms with E-state index in [0.29, 0.717) is 5.56 Å². The molecule has 0 unspecified atom stereocenters. The summed E-state index contributed by atoms with van der Waals surface area (Å²) >= 11 is 5.17. The van der Waals surface area contributed by atoms with E-state index in [-0.39, 0.29) is 11.0 Å². The normalized spacial score (nSPS) is 10.0. The van der Waals surface area contributed by atoms with E-state index in [9.17, 15) is 4.79 Å². The molecular formula is C19H18N4O2S. The number of thiocarbonyl (C=S) groups is 1. The fraction of sp³-hybridized carbons (Fsp3) is 0.0526. The van der Waals surface area contributed by atoms with Crippen LogP contribution in [0.15, 0.2) is 73.1 Å². The molecule has 3 aromatic rings. The molecule has 1 aromatic heterocycles. The van der Waals surface area contributed by atoms with Gasteiger partial charge in [0.2, 0.25) is 0 Å². The van der Waals surface area contributed by atoms with Gasteiger partial charge in [0.05, 0.1) is 7.11 Å². The Bertz CT molecular complexity index is 875. The molecule has 132 valence electrons. The van der Waals surface area contributed by atoms with E-state index in [1.165, 1.54) is 0 Å². The lowest BCUT2D eigenvalue weighted by atomic mass is 10.2. The van der Waals surface area contributed by atoms with Crippen LogP contribution in [-0.2, 0) is 0 Å². The third-order valence-corrected chi connectivity index (χ3v) is 3.87.